The number of hydrogen-bond donors (Lipinski definition) is 1. The van der Waals surface area contributed by atoms with Crippen molar-refractivity contribution < 1.29 is 4.74 Å². The molecule has 0 fully saturated rings. The lowest BCUT2D eigenvalue weighted by molar-refractivity contribution is 0.328. The molecule has 0 heterocycles. The average Bonchev–Trinajstić information content (AvgIpc) is 2.15. The molecule has 0 bridgehead atoms. The normalized spacial score (nSPS) is 9.42. The van der Waals surface area contributed by atoms with Crippen molar-refractivity contribution in [2.75, 3.05) is 13.2 Å². The molecule has 0 saturated heterocycles. The van der Waals surface area contributed by atoms with Crippen LogP contribution in [0, 0.1) is 0 Å². The first kappa shape index (κ1) is 8.81. The van der Waals surface area contributed by atoms with Gasteiger partial charge in [0.05, 0.1) is 0 Å². The van der Waals surface area contributed by atoms with Gasteiger partial charge in [-0.25, -0.2) is 0 Å². The SMILES string of the molecule is C=Cc1ccc(OCCN)cc1. The van der Waals surface area contributed by atoms with E-state index in [2.05, 4.69) is 6.58 Å². The first-order chi connectivity index (χ1) is 5.86. The van der Waals surface area contributed by atoms with Crippen molar-refractivity contribution in [3.63, 3.8) is 0 Å². The first-order valence-electron chi connectivity index (χ1n) is 3.92. The van der Waals surface area contributed by atoms with Crippen LogP contribution < -0.4 is 10.5 Å². The van der Waals surface area contributed by atoms with Crippen LogP contribution >= 0.6 is 0 Å². The van der Waals surface area contributed by atoms with Crippen molar-refractivity contribution >= 4 is 6.08 Å². The van der Waals surface area contributed by atoms with Crippen molar-refractivity contribution in [1.29, 1.82) is 0 Å². The molecule has 0 aliphatic rings. The van der Waals surface area contributed by atoms with E-state index in [0.29, 0.717) is 13.2 Å². The van der Waals surface area contributed by atoms with Crippen LogP contribution in [0.1, 0.15) is 5.56 Å². The molecule has 12 heavy (non-hydrogen) atoms. The highest BCUT2D eigenvalue weighted by Crippen LogP contribution is 2.12. The number of nitrogens with two attached hydrogens (primary N) is 1. The van der Waals surface area contributed by atoms with Crippen molar-refractivity contribution in [2.45, 2.75) is 0 Å². The van der Waals surface area contributed by atoms with E-state index in [4.69, 9.17) is 10.5 Å². The minimum atomic E-state index is 0.545. The van der Waals surface area contributed by atoms with Crippen LogP contribution in [-0.2, 0) is 0 Å². The summed E-state index contributed by atoms with van der Waals surface area (Å²) in [5.74, 6) is 0.853. The van der Waals surface area contributed by atoms with Crippen molar-refractivity contribution in [3.05, 3.63) is 36.4 Å². The van der Waals surface area contributed by atoms with Crippen LogP contribution in [-0.4, -0.2) is 13.2 Å². The fourth-order valence-corrected chi connectivity index (χ4v) is 0.877. The van der Waals surface area contributed by atoms with Gasteiger partial charge in [-0.15, -0.1) is 0 Å². The Kier molecular flexibility index (Phi) is 3.35. The molecule has 0 saturated carbocycles. The molecule has 1 aromatic rings. The van der Waals surface area contributed by atoms with Gasteiger partial charge >= 0.3 is 0 Å². The van der Waals surface area contributed by atoms with Crippen LogP contribution in [0.2, 0.25) is 0 Å². The van der Waals surface area contributed by atoms with Crippen LogP contribution in [0.15, 0.2) is 30.8 Å². The van der Waals surface area contributed by atoms with Crippen LogP contribution in [0.25, 0.3) is 6.08 Å². The molecule has 1 rings (SSSR count). The lowest BCUT2D eigenvalue weighted by Crippen LogP contribution is -2.10. The Bertz CT molecular complexity index is 241. The third-order valence-corrected chi connectivity index (χ3v) is 1.50. The first-order valence-corrected chi connectivity index (χ1v) is 3.92. The Hall–Kier alpha value is -1.28. The quantitative estimate of drug-likeness (QED) is 0.732. The summed E-state index contributed by atoms with van der Waals surface area (Å²) in [7, 11) is 0. The minimum absolute atomic E-state index is 0.545. The van der Waals surface area contributed by atoms with Crippen LogP contribution in [0.3, 0.4) is 0 Å². The molecule has 0 unspecified atom stereocenters. The summed E-state index contributed by atoms with van der Waals surface area (Å²) in [5, 5.41) is 0. The lowest BCUT2D eigenvalue weighted by Gasteiger charge is -2.03. The predicted molar refractivity (Wildman–Crippen MR) is 51.1 cm³/mol. The van der Waals surface area contributed by atoms with Gasteiger partial charge in [-0.3, -0.25) is 0 Å². The molecule has 0 aliphatic carbocycles. The molecule has 64 valence electrons. The Balaban J connectivity index is 2.58. The second-order valence-electron chi connectivity index (χ2n) is 2.41. The molecule has 0 spiro atoms. The van der Waals surface area contributed by atoms with Crippen molar-refractivity contribution in [2.24, 2.45) is 5.73 Å². The highest BCUT2D eigenvalue weighted by molar-refractivity contribution is 5.48. The van der Waals surface area contributed by atoms with E-state index in [1.54, 1.807) is 6.08 Å². The molecule has 0 amide bonds. The third kappa shape index (κ3) is 2.40. The maximum atomic E-state index is 5.30. The fraction of sp³-hybridized carbons (Fsp3) is 0.200. The maximum Gasteiger partial charge on any atom is 0.119 e. The lowest BCUT2D eigenvalue weighted by atomic mass is 10.2. The van der Waals surface area contributed by atoms with Gasteiger partial charge in [0.15, 0.2) is 0 Å². The van der Waals surface area contributed by atoms with E-state index in [0.717, 1.165) is 11.3 Å². The van der Waals surface area contributed by atoms with Crippen LogP contribution in [0.4, 0.5) is 0 Å². The second-order valence-corrected chi connectivity index (χ2v) is 2.41. The predicted octanol–water partition coefficient (Wildman–Crippen LogP) is 1.67. The largest absolute Gasteiger partial charge is 0.492 e. The molecule has 2 heteroatoms. The highest BCUT2D eigenvalue weighted by Gasteiger charge is 1.90. The Labute approximate surface area is 72.7 Å². The number of benzene rings is 1. The molecule has 0 aliphatic heterocycles. The molecular weight excluding hydrogens is 150 g/mol. The number of ether oxygens (including phenoxy) is 1. The van der Waals surface area contributed by atoms with E-state index < -0.39 is 0 Å². The monoisotopic (exact) mass is 163 g/mol. The van der Waals surface area contributed by atoms with E-state index >= 15 is 0 Å². The Morgan fingerprint density at radius 3 is 2.50 bits per heavy atom. The van der Waals surface area contributed by atoms with E-state index in [1.807, 2.05) is 24.3 Å². The average molecular weight is 163 g/mol. The van der Waals surface area contributed by atoms with Gasteiger partial charge < -0.3 is 10.5 Å². The minimum Gasteiger partial charge on any atom is -0.492 e. The standard InChI is InChI=1S/C10H13NO/c1-2-9-3-5-10(6-4-9)12-8-7-11/h2-6H,1,7-8,11H2. The number of hydrogen-bond acceptors (Lipinski definition) is 2. The summed E-state index contributed by atoms with van der Waals surface area (Å²) in [5.41, 5.74) is 6.38. The maximum absolute atomic E-state index is 5.30. The Morgan fingerprint density at radius 1 is 1.33 bits per heavy atom. The summed E-state index contributed by atoms with van der Waals surface area (Å²) < 4.78 is 5.30. The fourth-order valence-electron chi connectivity index (χ4n) is 0.877. The molecule has 0 atom stereocenters. The van der Waals surface area contributed by atoms with Gasteiger partial charge in [0.1, 0.15) is 12.4 Å². The molecule has 2 nitrogen and oxygen atoms in total. The van der Waals surface area contributed by atoms with Gasteiger partial charge in [-0.2, -0.15) is 0 Å². The zero-order chi connectivity index (χ0) is 8.81. The Morgan fingerprint density at radius 2 is 2.00 bits per heavy atom. The zero-order valence-corrected chi connectivity index (χ0v) is 6.99. The second kappa shape index (κ2) is 4.57. The summed E-state index contributed by atoms with van der Waals surface area (Å²) in [6, 6.07) is 7.73. The molecule has 0 aromatic heterocycles. The van der Waals surface area contributed by atoms with E-state index in [9.17, 15) is 0 Å². The summed E-state index contributed by atoms with van der Waals surface area (Å²) in [4.78, 5) is 0. The van der Waals surface area contributed by atoms with Crippen molar-refractivity contribution in [1.82, 2.24) is 0 Å². The summed E-state index contributed by atoms with van der Waals surface area (Å²) in [6.45, 7) is 4.77. The molecular formula is C10H13NO. The van der Waals surface area contributed by atoms with Crippen molar-refractivity contribution in [3.8, 4) is 5.75 Å². The molecule has 0 radical (unpaired) electrons. The molecule has 1 aromatic carbocycles. The number of rotatable bonds is 4. The van der Waals surface area contributed by atoms with Gasteiger partial charge in [-0.05, 0) is 17.7 Å². The van der Waals surface area contributed by atoms with E-state index in [1.165, 1.54) is 0 Å². The highest BCUT2D eigenvalue weighted by atomic mass is 16.5. The smallest absolute Gasteiger partial charge is 0.119 e. The summed E-state index contributed by atoms with van der Waals surface area (Å²) >= 11 is 0. The van der Waals surface area contributed by atoms with Gasteiger partial charge in [-0.1, -0.05) is 24.8 Å². The van der Waals surface area contributed by atoms with E-state index in [-0.39, 0.29) is 0 Å². The van der Waals surface area contributed by atoms with Gasteiger partial charge in [0.25, 0.3) is 0 Å². The zero-order valence-electron chi connectivity index (χ0n) is 6.99. The molecule has 2 N–H and O–H groups in total. The topological polar surface area (TPSA) is 35.2 Å². The van der Waals surface area contributed by atoms with Gasteiger partial charge in [0.2, 0.25) is 0 Å². The third-order valence-electron chi connectivity index (χ3n) is 1.50. The summed E-state index contributed by atoms with van der Waals surface area (Å²) in [6.07, 6.45) is 1.80. The van der Waals surface area contributed by atoms with Crippen LogP contribution in [0.5, 0.6) is 5.75 Å². The van der Waals surface area contributed by atoms with Gasteiger partial charge in [0, 0.05) is 6.54 Å².